The van der Waals surface area contributed by atoms with Crippen molar-refractivity contribution in [3.8, 4) is 11.8 Å². The molecule has 0 bridgehead atoms. The predicted molar refractivity (Wildman–Crippen MR) is 98.3 cm³/mol. The molecule has 0 saturated carbocycles. The highest BCUT2D eigenvalue weighted by molar-refractivity contribution is 5.76. The zero-order valence-electron chi connectivity index (χ0n) is 15.1. The molecule has 0 fully saturated rings. The zero-order chi connectivity index (χ0) is 17.6. The van der Waals surface area contributed by atoms with Crippen LogP contribution in [0.15, 0.2) is 30.3 Å². The Hall–Kier alpha value is -2.34. The number of aldehydes is 1. The summed E-state index contributed by atoms with van der Waals surface area (Å²) in [6.07, 6.45) is 3.91. The van der Waals surface area contributed by atoms with E-state index in [1.165, 1.54) is 0 Å². The van der Waals surface area contributed by atoms with Gasteiger partial charge in [0.05, 0.1) is 0 Å². The number of benzene rings is 1. The van der Waals surface area contributed by atoms with Crippen molar-refractivity contribution >= 4 is 6.29 Å². The van der Waals surface area contributed by atoms with Gasteiger partial charge in [0.1, 0.15) is 17.2 Å². The molecular formula is C21H26N2O. The number of hydrogen-bond acceptors (Lipinski definition) is 2. The third-order valence-corrected chi connectivity index (χ3v) is 3.83. The molecule has 0 radical (unpaired) electrons. The van der Waals surface area contributed by atoms with Gasteiger partial charge in [-0.2, -0.15) is 0 Å². The van der Waals surface area contributed by atoms with Crippen LogP contribution in [0, 0.1) is 11.8 Å². The highest BCUT2D eigenvalue weighted by atomic mass is 16.1. The largest absolute Gasteiger partial charge is 0.320 e. The first-order chi connectivity index (χ1) is 11.5. The average Bonchev–Trinajstić information content (AvgIpc) is 2.90. The molecule has 1 heterocycles. The molecule has 0 spiro atoms. The maximum absolute atomic E-state index is 11.7. The van der Waals surface area contributed by atoms with E-state index in [0.29, 0.717) is 17.9 Å². The lowest BCUT2D eigenvalue weighted by atomic mass is 9.95. The average molecular weight is 322 g/mol. The van der Waals surface area contributed by atoms with Crippen molar-refractivity contribution in [1.29, 1.82) is 0 Å². The molecule has 126 valence electrons. The van der Waals surface area contributed by atoms with Crippen LogP contribution in [-0.4, -0.2) is 15.8 Å². The monoisotopic (exact) mass is 322 g/mol. The lowest BCUT2D eigenvalue weighted by molar-refractivity contribution is 0.111. The van der Waals surface area contributed by atoms with E-state index < -0.39 is 0 Å². The quantitative estimate of drug-likeness (QED) is 0.459. The van der Waals surface area contributed by atoms with Gasteiger partial charge in [-0.25, -0.2) is 4.98 Å². The highest BCUT2D eigenvalue weighted by Gasteiger charge is 2.25. The smallest absolute Gasteiger partial charge is 0.169 e. The Morgan fingerprint density at radius 1 is 1.21 bits per heavy atom. The Kier molecular flexibility index (Phi) is 5.98. The number of carbonyl (C=O) groups is 1. The van der Waals surface area contributed by atoms with Crippen LogP contribution < -0.4 is 0 Å². The van der Waals surface area contributed by atoms with Crippen molar-refractivity contribution in [2.24, 2.45) is 0 Å². The molecule has 0 aliphatic carbocycles. The molecular weight excluding hydrogens is 296 g/mol. The molecule has 1 aromatic carbocycles. The van der Waals surface area contributed by atoms with Gasteiger partial charge in [0.15, 0.2) is 6.29 Å². The SMILES string of the molecule is CCCCC#Cc1nc(C(C)(C)C)n(Cc2ccccc2)c1C=O. The van der Waals surface area contributed by atoms with Crippen LogP contribution in [0.25, 0.3) is 0 Å². The molecule has 24 heavy (non-hydrogen) atoms. The molecule has 0 amide bonds. The van der Waals surface area contributed by atoms with Crippen LogP contribution in [0.1, 0.15) is 74.5 Å². The van der Waals surface area contributed by atoms with Gasteiger partial charge in [0.2, 0.25) is 0 Å². The summed E-state index contributed by atoms with van der Waals surface area (Å²) in [5, 5.41) is 0. The van der Waals surface area contributed by atoms with E-state index in [9.17, 15) is 4.79 Å². The third kappa shape index (κ3) is 4.35. The fourth-order valence-electron chi connectivity index (χ4n) is 2.59. The number of hydrogen-bond donors (Lipinski definition) is 0. The van der Waals surface area contributed by atoms with Gasteiger partial charge >= 0.3 is 0 Å². The minimum absolute atomic E-state index is 0.157. The Balaban J connectivity index is 2.47. The highest BCUT2D eigenvalue weighted by Crippen LogP contribution is 2.25. The summed E-state index contributed by atoms with van der Waals surface area (Å²) < 4.78 is 2.01. The number of carbonyl (C=O) groups excluding carboxylic acids is 1. The van der Waals surface area contributed by atoms with Crippen LogP contribution in [0.5, 0.6) is 0 Å². The van der Waals surface area contributed by atoms with Crippen molar-refractivity contribution in [3.05, 3.63) is 53.1 Å². The molecule has 2 aromatic rings. The van der Waals surface area contributed by atoms with Crippen LogP contribution in [0.2, 0.25) is 0 Å². The van der Waals surface area contributed by atoms with E-state index >= 15 is 0 Å². The van der Waals surface area contributed by atoms with Crippen molar-refractivity contribution in [2.45, 2.75) is 58.9 Å². The third-order valence-electron chi connectivity index (χ3n) is 3.83. The van der Waals surface area contributed by atoms with E-state index in [4.69, 9.17) is 4.98 Å². The maximum Gasteiger partial charge on any atom is 0.169 e. The van der Waals surface area contributed by atoms with Gasteiger partial charge in [0, 0.05) is 18.4 Å². The number of aromatic nitrogens is 2. The summed E-state index contributed by atoms with van der Waals surface area (Å²) >= 11 is 0. The van der Waals surface area contributed by atoms with Gasteiger partial charge < -0.3 is 4.57 Å². The van der Waals surface area contributed by atoms with E-state index in [1.54, 1.807) is 0 Å². The minimum atomic E-state index is -0.157. The predicted octanol–water partition coefficient (Wildman–Crippen LogP) is 4.58. The summed E-state index contributed by atoms with van der Waals surface area (Å²) in [7, 11) is 0. The van der Waals surface area contributed by atoms with Crippen molar-refractivity contribution in [1.82, 2.24) is 9.55 Å². The van der Waals surface area contributed by atoms with Crippen LogP contribution in [0.3, 0.4) is 0 Å². The fourth-order valence-corrected chi connectivity index (χ4v) is 2.59. The Labute approximate surface area is 145 Å². The van der Waals surface area contributed by atoms with Crippen LogP contribution in [0.4, 0.5) is 0 Å². The topological polar surface area (TPSA) is 34.9 Å². The van der Waals surface area contributed by atoms with E-state index in [0.717, 1.165) is 36.9 Å². The number of rotatable bonds is 5. The van der Waals surface area contributed by atoms with E-state index in [1.807, 2.05) is 22.8 Å². The summed E-state index contributed by atoms with van der Waals surface area (Å²) in [5.41, 5.74) is 2.17. The first kappa shape index (κ1) is 18.0. The number of imidazole rings is 1. The van der Waals surface area contributed by atoms with Gasteiger partial charge in [-0.3, -0.25) is 4.79 Å². The molecule has 0 aliphatic rings. The Bertz CT molecular complexity index is 740. The molecule has 0 atom stereocenters. The Morgan fingerprint density at radius 2 is 1.92 bits per heavy atom. The maximum atomic E-state index is 11.7. The zero-order valence-corrected chi connectivity index (χ0v) is 15.1. The van der Waals surface area contributed by atoms with Gasteiger partial charge in [-0.05, 0) is 17.9 Å². The summed E-state index contributed by atoms with van der Waals surface area (Å²) in [4.78, 5) is 16.4. The second-order valence-corrected chi connectivity index (χ2v) is 7.01. The molecule has 0 N–H and O–H groups in total. The van der Waals surface area contributed by atoms with Gasteiger partial charge in [-0.1, -0.05) is 70.4 Å². The van der Waals surface area contributed by atoms with Crippen molar-refractivity contribution in [2.75, 3.05) is 0 Å². The lowest BCUT2D eigenvalue weighted by Gasteiger charge is -2.20. The van der Waals surface area contributed by atoms with Crippen LogP contribution in [-0.2, 0) is 12.0 Å². The minimum Gasteiger partial charge on any atom is -0.320 e. The fraction of sp³-hybridized carbons (Fsp3) is 0.429. The van der Waals surface area contributed by atoms with Gasteiger partial charge in [-0.15, -0.1) is 0 Å². The molecule has 0 aliphatic heterocycles. The van der Waals surface area contributed by atoms with E-state index in [2.05, 4.69) is 51.7 Å². The second-order valence-electron chi connectivity index (χ2n) is 7.01. The summed E-state index contributed by atoms with van der Waals surface area (Å²) in [5.74, 6) is 7.15. The van der Waals surface area contributed by atoms with Gasteiger partial charge in [0.25, 0.3) is 0 Å². The normalized spacial score (nSPS) is 11.0. The molecule has 2 rings (SSSR count). The molecule has 1 aromatic heterocycles. The Morgan fingerprint density at radius 3 is 2.50 bits per heavy atom. The number of unbranched alkanes of at least 4 members (excludes halogenated alkanes) is 2. The second kappa shape index (κ2) is 7.97. The summed E-state index contributed by atoms with van der Waals surface area (Å²) in [6, 6.07) is 10.1. The van der Waals surface area contributed by atoms with Crippen LogP contribution >= 0.6 is 0 Å². The first-order valence-corrected chi connectivity index (χ1v) is 8.56. The first-order valence-electron chi connectivity index (χ1n) is 8.56. The van der Waals surface area contributed by atoms with Crippen molar-refractivity contribution < 1.29 is 4.79 Å². The van der Waals surface area contributed by atoms with E-state index in [-0.39, 0.29) is 5.41 Å². The standard InChI is InChI=1S/C21H26N2O/c1-5-6-7-11-14-18-19(16-24)23(20(22-18)21(2,3)4)15-17-12-9-8-10-13-17/h8-10,12-13,16H,5-7,15H2,1-4H3. The molecule has 3 nitrogen and oxygen atoms in total. The summed E-state index contributed by atoms with van der Waals surface area (Å²) in [6.45, 7) is 9.11. The number of nitrogens with zero attached hydrogens (tertiary/aromatic N) is 2. The molecule has 0 unspecified atom stereocenters. The van der Waals surface area contributed by atoms with Crippen molar-refractivity contribution in [3.63, 3.8) is 0 Å². The lowest BCUT2D eigenvalue weighted by Crippen LogP contribution is -2.20. The molecule has 0 saturated heterocycles. The molecule has 3 heteroatoms.